The molecule has 106 valence electrons. The van der Waals surface area contributed by atoms with Crippen LogP contribution < -0.4 is 4.74 Å². The van der Waals surface area contributed by atoms with E-state index in [1.807, 2.05) is 38.4 Å². The van der Waals surface area contributed by atoms with Crippen LogP contribution in [0.2, 0.25) is 0 Å². The van der Waals surface area contributed by atoms with Crippen LogP contribution in [0, 0.1) is 0 Å². The monoisotopic (exact) mass is 284 g/mol. The molecular formula is C14H21ClN2O2. The Balaban J connectivity index is 2.54. The summed E-state index contributed by atoms with van der Waals surface area (Å²) >= 11 is 5.52. The minimum atomic E-state index is -0.0828. The van der Waals surface area contributed by atoms with E-state index in [4.69, 9.17) is 16.3 Å². The number of halogens is 1. The van der Waals surface area contributed by atoms with Crippen molar-refractivity contribution in [2.24, 2.45) is 0 Å². The highest BCUT2D eigenvalue weighted by Crippen LogP contribution is 2.14. The highest BCUT2D eigenvalue weighted by molar-refractivity contribution is 6.27. The number of alkyl halides is 1. The van der Waals surface area contributed by atoms with Gasteiger partial charge in [-0.1, -0.05) is 12.1 Å². The van der Waals surface area contributed by atoms with Gasteiger partial charge in [0.25, 0.3) is 0 Å². The molecule has 19 heavy (non-hydrogen) atoms. The van der Waals surface area contributed by atoms with Crippen LogP contribution in [0.25, 0.3) is 0 Å². The number of carbonyl (C=O) groups is 1. The van der Waals surface area contributed by atoms with Crippen molar-refractivity contribution in [1.29, 1.82) is 0 Å². The fourth-order valence-corrected chi connectivity index (χ4v) is 1.75. The van der Waals surface area contributed by atoms with E-state index in [0.29, 0.717) is 13.2 Å². The zero-order valence-corrected chi connectivity index (χ0v) is 12.5. The van der Waals surface area contributed by atoms with Gasteiger partial charge in [-0.15, -0.1) is 11.6 Å². The smallest absolute Gasteiger partial charge is 0.237 e. The van der Waals surface area contributed by atoms with Gasteiger partial charge in [0.2, 0.25) is 5.91 Å². The minimum Gasteiger partial charge on any atom is -0.492 e. The van der Waals surface area contributed by atoms with Gasteiger partial charge in [0.15, 0.2) is 0 Å². The molecule has 1 amide bonds. The average Bonchev–Trinajstić information content (AvgIpc) is 2.37. The molecule has 0 saturated heterocycles. The van der Waals surface area contributed by atoms with Gasteiger partial charge in [-0.05, 0) is 31.8 Å². The van der Waals surface area contributed by atoms with Crippen LogP contribution in [-0.2, 0) is 11.3 Å². The molecule has 0 saturated carbocycles. The SMILES string of the molecule is CN(C)CCOc1cccc(CN(C)C(=O)CCl)c1. The Morgan fingerprint density at radius 1 is 1.32 bits per heavy atom. The van der Waals surface area contributed by atoms with Crippen molar-refractivity contribution < 1.29 is 9.53 Å². The molecule has 0 atom stereocenters. The molecule has 5 heteroatoms. The average molecular weight is 285 g/mol. The standard InChI is InChI=1S/C14H21ClN2O2/c1-16(2)7-8-19-13-6-4-5-12(9-13)11-17(3)14(18)10-15/h4-6,9H,7-8,10-11H2,1-3H3. The topological polar surface area (TPSA) is 32.8 Å². The number of benzene rings is 1. The van der Waals surface area contributed by atoms with Crippen molar-refractivity contribution in [3.05, 3.63) is 29.8 Å². The van der Waals surface area contributed by atoms with Crippen LogP contribution in [0.15, 0.2) is 24.3 Å². The Kier molecular flexibility index (Phi) is 6.67. The lowest BCUT2D eigenvalue weighted by atomic mass is 10.2. The second-order valence-corrected chi connectivity index (χ2v) is 4.95. The lowest BCUT2D eigenvalue weighted by Crippen LogP contribution is -2.27. The van der Waals surface area contributed by atoms with Gasteiger partial charge in [0, 0.05) is 20.1 Å². The molecule has 0 bridgehead atoms. The van der Waals surface area contributed by atoms with Crippen LogP contribution in [0.4, 0.5) is 0 Å². The van der Waals surface area contributed by atoms with Crippen molar-refractivity contribution in [1.82, 2.24) is 9.80 Å². The number of carbonyl (C=O) groups excluding carboxylic acids is 1. The lowest BCUT2D eigenvalue weighted by Gasteiger charge is -2.16. The van der Waals surface area contributed by atoms with Crippen molar-refractivity contribution in [3.63, 3.8) is 0 Å². The molecule has 0 heterocycles. The summed E-state index contributed by atoms with van der Waals surface area (Å²) < 4.78 is 5.65. The van der Waals surface area contributed by atoms with Gasteiger partial charge in [-0.25, -0.2) is 0 Å². The first-order valence-corrected chi connectivity index (χ1v) is 6.72. The van der Waals surface area contributed by atoms with E-state index >= 15 is 0 Å². The molecule has 4 nitrogen and oxygen atoms in total. The third-order valence-electron chi connectivity index (χ3n) is 2.67. The molecule has 0 aliphatic heterocycles. The Labute approximate surface area is 119 Å². The summed E-state index contributed by atoms with van der Waals surface area (Å²) in [6.45, 7) is 2.05. The van der Waals surface area contributed by atoms with E-state index in [1.54, 1.807) is 11.9 Å². The zero-order valence-electron chi connectivity index (χ0n) is 11.7. The summed E-state index contributed by atoms with van der Waals surface area (Å²) in [5.41, 5.74) is 1.03. The molecule has 0 unspecified atom stereocenters. The Morgan fingerprint density at radius 2 is 2.05 bits per heavy atom. The molecule has 0 N–H and O–H groups in total. The molecule has 0 spiro atoms. The van der Waals surface area contributed by atoms with Gasteiger partial charge < -0.3 is 14.5 Å². The molecule has 0 radical (unpaired) electrons. The van der Waals surface area contributed by atoms with Crippen LogP contribution in [0.5, 0.6) is 5.75 Å². The van der Waals surface area contributed by atoms with Crippen LogP contribution in [0.1, 0.15) is 5.56 Å². The second-order valence-electron chi connectivity index (χ2n) is 4.68. The number of amides is 1. The number of likely N-dealkylation sites (N-methyl/N-ethyl adjacent to an activating group) is 1. The maximum atomic E-state index is 11.4. The van der Waals surface area contributed by atoms with E-state index in [9.17, 15) is 4.79 Å². The highest BCUT2D eigenvalue weighted by atomic mass is 35.5. The molecule has 1 aromatic rings. The van der Waals surface area contributed by atoms with Crippen molar-refractivity contribution in [3.8, 4) is 5.75 Å². The van der Waals surface area contributed by atoms with Crippen molar-refractivity contribution in [2.45, 2.75) is 6.54 Å². The molecule has 1 rings (SSSR count). The Bertz CT molecular complexity index is 410. The largest absolute Gasteiger partial charge is 0.492 e. The first-order chi connectivity index (χ1) is 9.02. The molecule has 0 aliphatic carbocycles. The summed E-state index contributed by atoms with van der Waals surface area (Å²) in [7, 11) is 5.75. The summed E-state index contributed by atoms with van der Waals surface area (Å²) in [4.78, 5) is 15.1. The first kappa shape index (κ1) is 15.8. The quantitative estimate of drug-likeness (QED) is 0.716. The van der Waals surface area contributed by atoms with E-state index in [1.165, 1.54) is 0 Å². The van der Waals surface area contributed by atoms with Gasteiger partial charge in [-0.3, -0.25) is 4.79 Å². The molecule has 1 aromatic carbocycles. The third kappa shape index (κ3) is 5.94. The van der Waals surface area contributed by atoms with E-state index in [2.05, 4.69) is 4.90 Å². The summed E-state index contributed by atoms with van der Waals surface area (Å²) in [6.07, 6.45) is 0. The van der Waals surface area contributed by atoms with Crippen molar-refractivity contribution >= 4 is 17.5 Å². The summed E-state index contributed by atoms with van der Waals surface area (Å²) in [5.74, 6) is 0.752. The van der Waals surface area contributed by atoms with E-state index in [-0.39, 0.29) is 11.8 Å². The molecule has 0 fully saturated rings. The van der Waals surface area contributed by atoms with Crippen molar-refractivity contribution in [2.75, 3.05) is 40.2 Å². The zero-order chi connectivity index (χ0) is 14.3. The number of ether oxygens (including phenoxy) is 1. The maximum Gasteiger partial charge on any atom is 0.237 e. The number of rotatable bonds is 7. The number of hydrogen-bond donors (Lipinski definition) is 0. The van der Waals surface area contributed by atoms with E-state index in [0.717, 1.165) is 17.9 Å². The summed E-state index contributed by atoms with van der Waals surface area (Å²) in [6, 6.07) is 7.77. The second kappa shape index (κ2) is 8.02. The van der Waals surface area contributed by atoms with Crippen LogP contribution >= 0.6 is 11.6 Å². The van der Waals surface area contributed by atoms with Crippen LogP contribution in [-0.4, -0.2) is 55.9 Å². The fraction of sp³-hybridized carbons (Fsp3) is 0.500. The fourth-order valence-electron chi connectivity index (χ4n) is 1.54. The maximum absolute atomic E-state index is 11.4. The third-order valence-corrected chi connectivity index (χ3v) is 2.89. The van der Waals surface area contributed by atoms with Gasteiger partial charge in [0.1, 0.15) is 18.2 Å². The van der Waals surface area contributed by atoms with Gasteiger partial charge >= 0.3 is 0 Å². The molecule has 0 aliphatic rings. The number of hydrogen-bond acceptors (Lipinski definition) is 3. The van der Waals surface area contributed by atoms with Crippen LogP contribution in [0.3, 0.4) is 0 Å². The van der Waals surface area contributed by atoms with E-state index < -0.39 is 0 Å². The highest BCUT2D eigenvalue weighted by Gasteiger charge is 2.07. The Hall–Kier alpha value is -1.26. The van der Waals surface area contributed by atoms with Gasteiger partial charge in [0.05, 0.1) is 0 Å². The minimum absolute atomic E-state index is 0.00945. The Morgan fingerprint density at radius 3 is 2.68 bits per heavy atom. The summed E-state index contributed by atoms with van der Waals surface area (Å²) in [5, 5.41) is 0. The predicted molar refractivity (Wildman–Crippen MR) is 77.7 cm³/mol. The normalized spacial score (nSPS) is 10.6. The lowest BCUT2D eigenvalue weighted by molar-refractivity contribution is -0.127. The number of nitrogens with zero attached hydrogens (tertiary/aromatic N) is 2. The molecule has 0 aromatic heterocycles. The predicted octanol–water partition coefficient (Wildman–Crippen LogP) is 1.82. The van der Waals surface area contributed by atoms with Gasteiger partial charge in [-0.2, -0.15) is 0 Å². The first-order valence-electron chi connectivity index (χ1n) is 6.19. The molecular weight excluding hydrogens is 264 g/mol.